The van der Waals surface area contributed by atoms with Crippen LogP contribution in [0.2, 0.25) is 5.02 Å². The van der Waals surface area contributed by atoms with E-state index in [-0.39, 0.29) is 0 Å². The van der Waals surface area contributed by atoms with Crippen molar-refractivity contribution in [2.45, 2.75) is 26.4 Å². The van der Waals surface area contributed by atoms with E-state index in [9.17, 15) is 0 Å². The second-order valence-corrected chi connectivity index (χ2v) is 5.40. The minimum absolute atomic E-state index is 0.549. The van der Waals surface area contributed by atoms with Gasteiger partial charge in [-0.05, 0) is 49.2 Å². The first-order chi connectivity index (χ1) is 10.3. The third-order valence-corrected chi connectivity index (χ3v) is 3.65. The first kappa shape index (κ1) is 15.9. The molecule has 0 spiro atoms. The average Bonchev–Trinajstić information content (AvgIpc) is 2.52. The Morgan fingerprint density at radius 2 is 1.67 bits per heavy atom. The van der Waals surface area contributed by atoms with E-state index in [0.717, 1.165) is 31.7 Å². The topological polar surface area (TPSA) is 21.3 Å². The van der Waals surface area contributed by atoms with Crippen molar-refractivity contribution in [1.82, 2.24) is 5.32 Å². The molecule has 2 nitrogen and oxygen atoms in total. The van der Waals surface area contributed by atoms with E-state index < -0.39 is 0 Å². The predicted octanol–water partition coefficient (Wildman–Crippen LogP) is 4.46. The van der Waals surface area contributed by atoms with Gasteiger partial charge in [-0.15, -0.1) is 0 Å². The van der Waals surface area contributed by atoms with Crippen molar-refractivity contribution >= 4 is 11.6 Å². The van der Waals surface area contributed by atoms with Crippen LogP contribution < -0.4 is 10.1 Å². The summed E-state index contributed by atoms with van der Waals surface area (Å²) in [6, 6.07) is 16.0. The molecule has 0 saturated heterocycles. The van der Waals surface area contributed by atoms with Crippen molar-refractivity contribution in [2.75, 3.05) is 13.1 Å². The zero-order valence-corrected chi connectivity index (χ0v) is 13.2. The monoisotopic (exact) mass is 303 g/mol. The smallest absolute Gasteiger partial charge is 0.138 e. The highest BCUT2D eigenvalue weighted by Gasteiger charge is 2.04. The van der Waals surface area contributed by atoms with Gasteiger partial charge in [0.15, 0.2) is 0 Å². The van der Waals surface area contributed by atoms with Crippen LogP contribution in [0.15, 0.2) is 48.5 Å². The Morgan fingerprint density at radius 3 is 2.43 bits per heavy atom. The molecule has 2 rings (SSSR count). The molecule has 0 aromatic heterocycles. The molecule has 1 N–H and O–H groups in total. The number of hydrogen-bond donors (Lipinski definition) is 1. The van der Waals surface area contributed by atoms with Crippen LogP contribution in [-0.4, -0.2) is 13.1 Å². The summed E-state index contributed by atoms with van der Waals surface area (Å²) in [5, 5.41) is 4.08. The van der Waals surface area contributed by atoms with E-state index >= 15 is 0 Å². The molecule has 0 atom stereocenters. The van der Waals surface area contributed by atoms with Gasteiger partial charge in [-0.3, -0.25) is 0 Å². The number of rotatable bonds is 8. The quantitative estimate of drug-likeness (QED) is 0.727. The largest absolute Gasteiger partial charge is 0.487 e. The lowest BCUT2D eigenvalue weighted by Gasteiger charge is -2.12. The number of benzene rings is 2. The zero-order chi connectivity index (χ0) is 14.9. The third kappa shape index (κ3) is 5.07. The summed E-state index contributed by atoms with van der Waals surface area (Å²) in [5.41, 5.74) is 2.55. The lowest BCUT2D eigenvalue weighted by atomic mass is 10.1. The van der Waals surface area contributed by atoms with Gasteiger partial charge in [0.1, 0.15) is 12.4 Å². The number of ether oxygens (including phenoxy) is 1. The van der Waals surface area contributed by atoms with E-state index in [1.807, 2.05) is 30.3 Å². The molecular weight excluding hydrogens is 282 g/mol. The summed E-state index contributed by atoms with van der Waals surface area (Å²) in [4.78, 5) is 0. The molecule has 0 aliphatic rings. The molecule has 0 radical (unpaired) electrons. The Kier molecular flexibility index (Phi) is 6.58. The van der Waals surface area contributed by atoms with E-state index in [1.165, 1.54) is 11.1 Å². The second kappa shape index (κ2) is 8.71. The molecule has 0 heterocycles. The minimum Gasteiger partial charge on any atom is -0.487 e. The van der Waals surface area contributed by atoms with Gasteiger partial charge in [0.2, 0.25) is 0 Å². The second-order valence-electron chi connectivity index (χ2n) is 4.99. The maximum absolute atomic E-state index is 6.11. The van der Waals surface area contributed by atoms with Crippen molar-refractivity contribution in [3.63, 3.8) is 0 Å². The normalized spacial score (nSPS) is 10.6. The van der Waals surface area contributed by atoms with Crippen molar-refractivity contribution in [1.29, 1.82) is 0 Å². The van der Waals surface area contributed by atoms with Gasteiger partial charge in [-0.25, -0.2) is 0 Å². The molecular formula is C18H22ClNO. The summed E-state index contributed by atoms with van der Waals surface area (Å²) in [6.07, 6.45) is 2.18. The fourth-order valence-corrected chi connectivity index (χ4v) is 2.37. The van der Waals surface area contributed by atoms with E-state index in [4.69, 9.17) is 16.3 Å². The lowest BCUT2D eigenvalue weighted by Crippen LogP contribution is -2.18. The Morgan fingerprint density at radius 1 is 0.952 bits per heavy atom. The van der Waals surface area contributed by atoms with Crippen molar-refractivity contribution in [3.05, 3.63) is 64.7 Å². The number of nitrogens with one attached hydrogen (secondary N) is 1. The van der Waals surface area contributed by atoms with Crippen molar-refractivity contribution < 1.29 is 4.74 Å². The standard InChI is InChI=1S/C18H22ClNO/c1-2-12-20-13-11-15-7-3-4-8-16(15)14-21-18-10-6-5-9-17(18)19/h3-10,20H,2,11-14H2,1H3. The molecule has 2 aromatic rings. The van der Waals surface area contributed by atoms with E-state index in [0.29, 0.717) is 11.6 Å². The summed E-state index contributed by atoms with van der Waals surface area (Å²) < 4.78 is 5.84. The molecule has 0 fully saturated rings. The lowest BCUT2D eigenvalue weighted by molar-refractivity contribution is 0.305. The summed E-state index contributed by atoms with van der Waals surface area (Å²) in [6.45, 7) is 4.79. The Balaban J connectivity index is 1.95. The van der Waals surface area contributed by atoms with Crippen LogP contribution >= 0.6 is 11.6 Å². The molecule has 2 aromatic carbocycles. The Hall–Kier alpha value is -1.51. The Bertz CT molecular complexity index is 556. The highest BCUT2D eigenvalue weighted by Crippen LogP contribution is 2.24. The zero-order valence-electron chi connectivity index (χ0n) is 12.4. The van der Waals surface area contributed by atoms with Crippen LogP contribution in [0.3, 0.4) is 0 Å². The van der Waals surface area contributed by atoms with Gasteiger partial charge in [0.05, 0.1) is 5.02 Å². The molecule has 0 amide bonds. The molecule has 0 bridgehead atoms. The highest BCUT2D eigenvalue weighted by atomic mass is 35.5. The highest BCUT2D eigenvalue weighted by molar-refractivity contribution is 6.32. The van der Waals surface area contributed by atoms with Crippen LogP contribution in [0.25, 0.3) is 0 Å². The maximum Gasteiger partial charge on any atom is 0.138 e. The first-order valence-corrected chi connectivity index (χ1v) is 7.84. The van der Waals surface area contributed by atoms with E-state index in [2.05, 4.69) is 30.4 Å². The number of para-hydroxylation sites is 1. The molecule has 3 heteroatoms. The first-order valence-electron chi connectivity index (χ1n) is 7.46. The summed E-state index contributed by atoms with van der Waals surface area (Å²) >= 11 is 6.11. The third-order valence-electron chi connectivity index (χ3n) is 3.34. The van der Waals surface area contributed by atoms with Crippen LogP contribution in [0.4, 0.5) is 0 Å². The Labute approximate surface area is 132 Å². The molecule has 0 unspecified atom stereocenters. The molecule has 0 aliphatic heterocycles. The summed E-state index contributed by atoms with van der Waals surface area (Å²) in [7, 11) is 0. The van der Waals surface area contributed by atoms with Gasteiger partial charge < -0.3 is 10.1 Å². The van der Waals surface area contributed by atoms with Gasteiger partial charge in [-0.1, -0.05) is 54.9 Å². The van der Waals surface area contributed by atoms with Crippen molar-refractivity contribution in [3.8, 4) is 5.75 Å². The predicted molar refractivity (Wildman–Crippen MR) is 89.1 cm³/mol. The number of halogens is 1. The molecule has 112 valence electrons. The maximum atomic E-state index is 6.11. The number of hydrogen-bond acceptors (Lipinski definition) is 2. The molecule has 21 heavy (non-hydrogen) atoms. The van der Waals surface area contributed by atoms with Crippen LogP contribution in [0, 0.1) is 0 Å². The van der Waals surface area contributed by atoms with Gasteiger partial charge in [0.25, 0.3) is 0 Å². The fraction of sp³-hybridized carbons (Fsp3) is 0.333. The average molecular weight is 304 g/mol. The molecule has 0 aliphatic carbocycles. The molecule has 0 saturated carbocycles. The van der Waals surface area contributed by atoms with Gasteiger partial charge >= 0.3 is 0 Å². The SMILES string of the molecule is CCCNCCc1ccccc1COc1ccccc1Cl. The van der Waals surface area contributed by atoms with Crippen LogP contribution in [-0.2, 0) is 13.0 Å². The van der Waals surface area contributed by atoms with Gasteiger partial charge in [-0.2, -0.15) is 0 Å². The summed E-state index contributed by atoms with van der Waals surface area (Å²) in [5.74, 6) is 0.734. The van der Waals surface area contributed by atoms with E-state index in [1.54, 1.807) is 0 Å². The minimum atomic E-state index is 0.549. The van der Waals surface area contributed by atoms with Crippen LogP contribution in [0.1, 0.15) is 24.5 Å². The van der Waals surface area contributed by atoms with Crippen LogP contribution in [0.5, 0.6) is 5.75 Å². The van der Waals surface area contributed by atoms with Gasteiger partial charge in [0, 0.05) is 0 Å². The van der Waals surface area contributed by atoms with Crippen molar-refractivity contribution in [2.24, 2.45) is 0 Å². The fourth-order valence-electron chi connectivity index (χ4n) is 2.18.